The van der Waals surface area contributed by atoms with Crippen molar-refractivity contribution in [2.45, 2.75) is 23.2 Å². The van der Waals surface area contributed by atoms with Crippen molar-refractivity contribution in [3.8, 4) is 0 Å². The summed E-state index contributed by atoms with van der Waals surface area (Å²) >= 11 is 15.0. The molecule has 0 spiro atoms. The Morgan fingerprint density at radius 3 is 2.68 bits per heavy atom. The molecular weight excluding hydrogens is 478 g/mol. The number of hydrogen-bond donors (Lipinski definition) is 1. The monoisotopic (exact) mass is 496 g/mol. The zero-order valence-corrected chi connectivity index (χ0v) is 19.5. The van der Waals surface area contributed by atoms with Crippen molar-refractivity contribution in [3.63, 3.8) is 0 Å². The van der Waals surface area contributed by atoms with Crippen LogP contribution < -0.4 is 5.32 Å². The highest BCUT2D eigenvalue weighted by atomic mass is 35.5. The highest BCUT2D eigenvalue weighted by molar-refractivity contribution is 7.99. The molecule has 162 valence electrons. The van der Waals surface area contributed by atoms with Gasteiger partial charge in [0.1, 0.15) is 11.6 Å². The average Bonchev–Trinajstić information content (AvgIpc) is 3.12. The molecule has 0 saturated heterocycles. The predicted octanol–water partition coefficient (Wildman–Crippen LogP) is 6.07. The van der Waals surface area contributed by atoms with E-state index in [1.807, 2.05) is 4.57 Å². The normalized spacial score (nSPS) is 10.8. The summed E-state index contributed by atoms with van der Waals surface area (Å²) in [6.45, 7) is 4.32. The van der Waals surface area contributed by atoms with E-state index in [2.05, 4.69) is 22.1 Å². The molecule has 1 N–H and O–H groups in total. The van der Waals surface area contributed by atoms with Crippen LogP contribution >= 0.6 is 46.7 Å². The van der Waals surface area contributed by atoms with Crippen LogP contribution in [0.5, 0.6) is 0 Å². The van der Waals surface area contributed by atoms with Gasteiger partial charge in [-0.1, -0.05) is 53.2 Å². The maximum absolute atomic E-state index is 13.0. The number of halogens is 3. The molecule has 2 aromatic carbocycles. The van der Waals surface area contributed by atoms with Gasteiger partial charge < -0.3 is 9.88 Å². The van der Waals surface area contributed by atoms with Gasteiger partial charge in [0.25, 0.3) is 0 Å². The molecule has 0 unspecified atom stereocenters. The number of allylic oxidation sites excluding steroid dienone is 1. The van der Waals surface area contributed by atoms with Gasteiger partial charge >= 0.3 is 0 Å². The Labute approximate surface area is 198 Å². The molecule has 5 nitrogen and oxygen atoms in total. The van der Waals surface area contributed by atoms with Crippen molar-refractivity contribution < 1.29 is 9.18 Å². The maximum atomic E-state index is 13.0. The summed E-state index contributed by atoms with van der Waals surface area (Å²) in [6, 6.07) is 11.3. The molecule has 10 heteroatoms. The number of nitrogens with zero attached hydrogens (tertiary/aromatic N) is 3. The summed E-state index contributed by atoms with van der Waals surface area (Å²) < 4.78 is 14.9. The van der Waals surface area contributed by atoms with Crippen molar-refractivity contribution in [1.29, 1.82) is 0 Å². The lowest BCUT2D eigenvalue weighted by Crippen LogP contribution is -2.15. The van der Waals surface area contributed by atoms with Crippen LogP contribution in [0.3, 0.4) is 0 Å². The van der Waals surface area contributed by atoms with Crippen LogP contribution in [-0.4, -0.2) is 26.4 Å². The van der Waals surface area contributed by atoms with Crippen LogP contribution in [-0.2, 0) is 22.8 Å². The number of aromatic nitrogens is 3. The first-order chi connectivity index (χ1) is 15.0. The first kappa shape index (κ1) is 23.7. The molecule has 0 aliphatic carbocycles. The Bertz CT molecular complexity index is 1060. The van der Waals surface area contributed by atoms with Gasteiger partial charge in [-0.05, 0) is 35.9 Å². The Morgan fingerprint density at radius 2 is 1.94 bits per heavy atom. The zero-order valence-electron chi connectivity index (χ0n) is 16.4. The number of anilines is 1. The zero-order chi connectivity index (χ0) is 22.2. The molecule has 1 heterocycles. The van der Waals surface area contributed by atoms with E-state index in [1.54, 1.807) is 48.2 Å². The molecule has 0 aliphatic rings. The predicted molar refractivity (Wildman–Crippen MR) is 127 cm³/mol. The molecule has 0 fully saturated rings. The second-order valence-corrected chi connectivity index (χ2v) is 9.15. The number of carbonyl (C=O) groups is 1. The van der Waals surface area contributed by atoms with Crippen LogP contribution in [0.1, 0.15) is 11.4 Å². The maximum Gasteiger partial charge on any atom is 0.234 e. The molecule has 0 aliphatic heterocycles. The van der Waals surface area contributed by atoms with E-state index >= 15 is 0 Å². The number of thioether (sulfide) groups is 2. The van der Waals surface area contributed by atoms with Gasteiger partial charge in [0, 0.05) is 17.3 Å². The summed E-state index contributed by atoms with van der Waals surface area (Å²) in [5.74, 6) is 1.81. The van der Waals surface area contributed by atoms with Crippen molar-refractivity contribution in [2.75, 3.05) is 11.1 Å². The molecule has 1 amide bonds. The van der Waals surface area contributed by atoms with Crippen LogP contribution in [0.2, 0.25) is 10.0 Å². The topological polar surface area (TPSA) is 59.8 Å². The summed E-state index contributed by atoms with van der Waals surface area (Å²) in [5.41, 5.74) is 1.50. The molecule has 0 saturated carbocycles. The standard InChI is InChI=1S/C21H19Cl2FN4OS2/c1-2-9-28-19(12-30-11-14-3-6-16(24)7-4-14)26-27-21(28)31-13-20(29)25-18-10-15(22)5-8-17(18)23/h2-8,10H,1,9,11-13H2,(H,25,29). The number of nitrogens with one attached hydrogen (secondary N) is 1. The molecule has 0 bridgehead atoms. The average molecular weight is 497 g/mol. The van der Waals surface area contributed by atoms with E-state index in [0.29, 0.717) is 33.2 Å². The first-order valence-corrected chi connectivity index (χ1v) is 12.1. The Balaban J connectivity index is 1.57. The minimum Gasteiger partial charge on any atom is -0.324 e. The fourth-order valence-corrected chi connectivity index (χ4v) is 4.63. The summed E-state index contributed by atoms with van der Waals surface area (Å²) in [4.78, 5) is 12.3. The van der Waals surface area contributed by atoms with Crippen LogP contribution in [0.25, 0.3) is 0 Å². The van der Waals surface area contributed by atoms with Gasteiger partial charge in [0.15, 0.2) is 5.16 Å². The van der Waals surface area contributed by atoms with Crippen molar-refractivity contribution >= 4 is 58.3 Å². The van der Waals surface area contributed by atoms with Crippen LogP contribution in [0.15, 0.2) is 60.3 Å². The minimum atomic E-state index is -0.247. The second-order valence-electron chi connectivity index (χ2n) is 6.38. The third-order valence-corrected chi connectivity index (χ3v) is 6.58. The highest BCUT2D eigenvalue weighted by Gasteiger charge is 2.14. The lowest BCUT2D eigenvalue weighted by Gasteiger charge is -2.09. The molecule has 0 radical (unpaired) electrons. The molecule has 31 heavy (non-hydrogen) atoms. The SMILES string of the molecule is C=CCn1c(CSCc2ccc(F)cc2)nnc1SCC(=O)Nc1cc(Cl)ccc1Cl. The van der Waals surface area contributed by atoms with E-state index in [4.69, 9.17) is 23.2 Å². The van der Waals surface area contributed by atoms with E-state index in [9.17, 15) is 9.18 Å². The quantitative estimate of drug-likeness (QED) is 0.272. The largest absolute Gasteiger partial charge is 0.324 e. The fourth-order valence-electron chi connectivity index (χ4n) is 2.60. The van der Waals surface area contributed by atoms with Gasteiger partial charge in [-0.3, -0.25) is 4.79 Å². The number of benzene rings is 2. The minimum absolute atomic E-state index is 0.140. The summed E-state index contributed by atoms with van der Waals surface area (Å²) in [7, 11) is 0. The van der Waals surface area contributed by atoms with Crippen molar-refractivity contribution in [3.05, 3.63) is 82.4 Å². The van der Waals surface area contributed by atoms with Gasteiger partial charge in [0.2, 0.25) is 5.91 Å². The highest BCUT2D eigenvalue weighted by Crippen LogP contribution is 2.26. The van der Waals surface area contributed by atoms with Crippen LogP contribution in [0, 0.1) is 5.82 Å². The van der Waals surface area contributed by atoms with E-state index in [0.717, 1.165) is 17.1 Å². The fraction of sp³-hybridized carbons (Fsp3) is 0.190. The van der Waals surface area contributed by atoms with E-state index in [-0.39, 0.29) is 17.5 Å². The number of rotatable bonds is 10. The molecule has 1 aromatic heterocycles. The number of hydrogen-bond acceptors (Lipinski definition) is 5. The third-order valence-electron chi connectivity index (χ3n) is 4.05. The van der Waals surface area contributed by atoms with Gasteiger partial charge in [-0.2, -0.15) is 0 Å². The third kappa shape index (κ3) is 7.00. The Kier molecular flexibility index (Phi) is 8.83. The summed E-state index contributed by atoms with van der Waals surface area (Å²) in [5, 5.41) is 12.8. The lowest BCUT2D eigenvalue weighted by atomic mass is 10.2. The lowest BCUT2D eigenvalue weighted by molar-refractivity contribution is -0.113. The van der Waals surface area contributed by atoms with Gasteiger partial charge in [-0.25, -0.2) is 4.39 Å². The Hall–Kier alpha value is -2.00. The second kappa shape index (κ2) is 11.6. The van der Waals surface area contributed by atoms with Crippen molar-refractivity contribution in [2.24, 2.45) is 0 Å². The van der Waals surface area contributed by atoms with Gasteiger partial charge in [-0.15, -0.1) is 28.5 Å². The van der Waals surface area contributed by atoms with E-state index < -0.39 is 0 Å². The van der Waals surface area contributed by atoms with E-state index in [1.165, 1.54) is 23.9 Å². The molecule has 0 atom stereocenters. The molecule has 3 rings (SSSR count). The molecule has 3 aromatic rings. The summed E-state index contributed by atoms with van der Waals surface area (Å²) in [6.07, 6.45) is 1.76. The van der Waals surface area contributed by atoms with Crippen LogP contribution in [0.4, 0.5) is 10.1 Å². The first-order valence-electron chi connectivity index (χ1n) is 9.19. The number of carbonyl (C=O) groups excluding carboxylic acids is 1. The van der Waals surface area contributed by atoms with Gasteiger partial charge in [0.05, 0.1) is 22.2 Å². The Morgan fingerprint density at radius 1 is 1.16 bits per heavy atom. The molecular formula is C21H19Cl2FN4OS2. The van der Waals surface area contributed by atoms with Crippen molar-refractivity contribution in [1.82, 2.24) is 14.8 Å². The smallest absolute Gasteiger partial charge is 0.234 e. The number of amides is 1.